The monoisotopic (exact) mass is 368 g/mol. The minimum Gasteiger partial charge on any atom is -0.493 e. The summed E-state index contributed by atoms with van der Waals surface area (Å²) in [6.45, 7) is 5.62. The maximum absolute atomic E-state index is 12.4. The van der Waals surface area contributed by atoms with Gasteiger partial charge in [-0.15, -0.1) is 0 Å². The van der Waals surface area contributed by atoms with Crippen molar-refractivity contribution in [3.63, 3.8) is 0 Å². The fraction of sp³-hybridized carbons (Fsp3) is 0.364. The molecule has 0 aromatic heterocycles. The summed E-state index contributed by atoms with van der Waals surface area (Å²) in [7, 11) is 4.79. The lowest BCUT2D eigenvalue weighted by Gasteiger charge is -2.29. The molecule has 0 spiro atoms. The van der Waals surface area contributed by atoms with Gasteiger partial charge in [0.15, 0.2) is 11.5 Å². The molecule has 1 saturated heterocycles. The second-order valence-corrected chi connectivity index (χ2v) is 6.73. The van der Waals surface area contributed by atoms with Crippen molar-refractivity contribution in [2.45, 2.75) is 12.8 Å². The first-order valence-corrected chi connectivity index (χ1v) is 9.10. The summed E-state index contributed by atoms with van der Waals surface area (Å²) in [5.74, 6) is 2.29. The molecule has 0 bridgehead atoms. The van der Waals surface area contributed by atoms with Crippen LogP contribution < -0.4 is 14.2 Å². The van der Waals surface area contributed by atoms with E-state index in [4.69, 9.17) is 14.2 Å². The maximum Gasteiger partial charge on any atom is 0.246 e. The minimum atomic E-state index is 0.0428. The third-order valence-corrected chi connectivity index (χ3v) is 5.01. The number of nitrogens with zero attached hydrogens (tertiary/aromatic N) is 1. The number of carbonyl (C=O) groups is 1. The first kappa shape index (κ1) is 19.1. The van der Waals surface area contributed by atoms with Crippen molar-refractivity contribution < 1.29 is 19.0 Å². The first-order valence-electron chi connectivity index (χ1n) is 9.10. The van der Waals surface area contributed by atoms with Gasteiger partial charge in [0.2, 0.25) is 11.7 Å². The van der Waals surface area contributed by atoms with Crippen molar-refractivity contribution in [3.8, 4) is 17.2 Å². The molecule has 2 aromatic rings. The minimum absolute atomic E-state index is 0.0428. The molecule has 1 aliphatic heterocycles. The van der Waals surface area contributed by atoms with E-state index in [2.05, 4.69) is 6.92 Å². The molecule has 0 atom stereocenters. The highest BCUT2D eigenvalue weighted by Crippen LogP contribution is 2.43. The van der Waals surface area contributed by atoms with Crippen molar-refractivity contribution in [2.24, 2.45) is 5.92 Å². The Morgan fingerprint density at radius 1 is 1.07 bits per heavy atom. The number of hydrogen-bond acceptors (Lipinski definition) is 4. The SMILES string of the molecule is [CH2]C1CCN(C(=O)/C=C/c2ccc3cc(OC)c(OC)c(OC)c3c2)CC1. The molecular weight excluding hydrogens is 342 g/mol. The number of likely N-dealkylation sites (tertiary alicyclic amines) is 1. The Bertz CT molecular complexity index is 851. The summed E-state index contributed by atoms with van der Waals surface area (Å²) >= 11 is 0. The van der Waals surface area contributed by atoms with Crippen LogP contribution in [0.5, 0.6) is 17.2 Å². The Hall–Kier alpha value is -2.69. The average molecular weight is 368 g/mol. The van der Waals surface area contributed by atoms with E-state index in [0.29, 0.717) is 23.2 Å². The van der Waals surface area contributed by atoms with E-state index in [9.17, 15) is 4.79 Å². The zero-order valence-electron chi connectivity index (χ0n) is 16.2. The van der Waals surface area contributed by atoms with Gasteiger partial charge in [-0.3, -0.25) is 4.79 Å². The van der Waals surface area contributed by atoms with E-state index in [1.54, 1.807) is 27.4 Å². The van der Waals surface area contributed by atoms with Gasteiger partial charge < -0.3 is 19.1 Å². The molecule has 1 amide bonds. The van der Waals surface area contributed by atoms with E-state index < -0.39 is 0 Å². The van der Waals surface area contributed by atoms with E-state index in [1.165, 1.54) is 0 Å². The molecule has 27 heavy (non-hydrogen) atoms. The molecule has 0 N–H and O–H groups in total. The summed E-state index contributed by atoms with van der Waals surface area (Å²) < 4.78 is 16.4. The highest BCUT2D eigenvalue weighted by Gasteiger charge is 2.19. The van der Waals surface area contributed by atoms with E-state index in [0.717, 1.165) is 42.3 Å². The molecule has 1 radical (unpaired) electrons. The molecule has 5 heteroatoms. The standard InChI is InChI=1S/C22H26NO4/c1-15-9-11-23(12-10-15)20(24)8-6-16-5-7-17-14-19(25-2)22(27-4)21(26-3)18(17)13-16/h5-8,13-15H,1,9-12H2,2-4H3/b8-6+. The molecule has 0 unspecified atom stereocenters. The predicted octanol–water partition coefficient (Wildman–Crippen LogP) is 3.95. The van der Waals surface area contributed by atoms with Crippen molar-refractivity contribution in [2.75, 3.05) is 34.4 Å². The molecule has 0 saturated carbocycles. The summed E-state index contributed by atoms with van der Waals surface area (Å²) in [4.78, 5) is 14.3. The Kier molecular flexibility index (Phi) is 5.89. The van der Waals surface area contributed by atoms with Gasteiger partial charge in [-0.2, -0.15) is 0 Å². The number of ether oxygens (including phenoxy) is 3. The van der Waals surface area contributed by atoms with Gasteiger partial charge in [-0.05, 0) is 47.9 Å². The summed E-state index contributed by atoms with van der Waals surface area (Å²) in [6, 6.07) is 7.86. The molecule has 1 aliphatic rings. The van der Waals surface area contributed by atoms with Crippen LogP contribution in [0, 0.1) is 12.8 Å². The van der Waals surface area contributed by atoms with Gasteiger partial charge >= 0.3 is 0 Å². The first-order chi connectivity index (χ1) is 13.1. The third-order valence-electron chi connectivity index (χ3n) is 5.01. The molecule has 1 heterocycles. The van der Waals surface area contributed by atoms with Gasteiger partial charge in [0, 0.05) is 24.6 Å². The highest BCUT2D eigenvalue weighted by molar-refractivity contribution is 5.96. The number of carbonyl (C=O) groups excluding carboxylic acids is 1. The average Bonchev–Trinajstić information content (AvgIpc) is 2.70. The Morgan fingerprint density at radius 3 is 2.41 bits per heavy atom. The van der Waals surface area contributed by atoms with Crippen molar-refractivity contribution >= 4 is 22.8 Å². The molecule has 143 valence electrons. The van der Waals surface area contributed by atoms with E-state index in [-0.39, 0.29) is 5.91 Å². The lowest BCUT2D eigenvalue weighted by atomic mass is 9.99. The summed E-state index contributed by atoms with van der Waals surface area (Å²) in [5.41, 5.74) is 0.924. The number of methoxy groups -OCH3 is 3. The normalized spacial score (nSPS) is 15.3. The van der Waals surface area contributed by atoms with Crippen LogP contribution in [0.25, 0.3) is 16.8 Å². The summed E-state index contributed by atoms with van der Waals surface area (Å²) in [5, 5.41) is 1.88. The van der Waals surface area contributed by atoms with Gasteiger partial charge in [0.05, 0.1) is 21.3 Å². The predicted molar refractivity (Wildman–Crippen MR) is 107 cm³/mol. The molecule has 3 rings (SSSR count). The fourth-order valence-electron chi connectivity index (χ4n) is 3.41. The third kappa shape index (κ3) is 4.02. The van der Waals surface area contributed by atoms with Crippen molar-refractivity contribution in [1.82, 2.24) is 4.90 Å². The van der Waals surface area contributed by atoms with Crippen LogP contribution in [-0.4, -0.2) is 45.2 Å². The molecule has 5 nitrogen and oxygen atoms in total. The molecule has 0 aliphatic carbocycles. The van der Waals surface area contributed by atoms with Crippen LogP contribution >= 0.6 is 0 Å². The Labute approximate surface area is 160 Å². The van der Waals surface area contributed by atoms with Crippen molar-refractivity contribution in [3.05, 3.63) is 42.8 Å². The van der Waals surface area contributed by atoms with Crippen LogP contribution in [0.15, 0.2) is 30.3 Å². The lowest BCUT2D eigenvalue weighted by Crippen LogP contribution is -2.36. The largest absolute Gasteiger partial charge is 0.493 e. The Balaban J connectivity index is 1.88. The smallest absolute Gasteiger partial charge is 0.246 e. The second-order valence-electron chi connectivity index (χ2n) is 6.73. The Morgan fingerprint density at radius 2 is 1.78 bits per heavy atom. The zero-order chi connectivity index (χ0) is 19.4. The highest BCUT2D eigenvalue weighted by atomic mass is 16.5. The number of benzene rings is 2. The maximum atomic E-state index is 12.4. The second kappa shape index (κ2) is 8.33. The zero-order valence-corrected chi connectivity index (χ0v) is 16.2. The molecule has 2 aromatic carbocycles. The molecular formula is C22H26NO4. The van der Waals surface area contributed by atoms with Crippen LogP contribution in [0.4, 0.5) is 0 Å². The number of amides is 1. The van der Waals surface area contributed by atoms with E-state index in [1.807, 2.05) is 35.2 Å². The summed E-state index contributed by atoms with van der Waals surface area (Å²) in [6.07, 6.45) is 5.41. The number of piperidine rings is 1. The van der Waals surface area contributed by atoms with Gasteiger partial charge in [0.1, 0.15) is 0 Å². The molecule has 1 fully saturated rings. The lowest BCUT2D eigenvalue weighted by molar-refractivity contribution is -0.127. The number of hydrogen-bond donors (Lipinski definition) is 0. The topological polar surface area (TPSA) is 48.0 Å². The fourth-order valence-corrected chi connectivity index (χ4v) is 3.41. The van der Waals surface area contributed by atoms with Crippen LogP contribution in [0.1, 0.15) is 18.4 Å². The number of rotatable bonds is 5. The van der Waals surface area contributed by atoms with Gasteiger partial charge in [0.25, 0.3) is 0 Å². The van der Waals surface area contributed by atoms with Crippen LogP contribution in [0.3, 0.4) is 0 Å². The number of fused-ring (bicyclic) bond motifs is 1. The van der Waals surface area contributed by atoms with Crippen molar-refractivity contribution in [1.29, 1.82) is 0 Å². The van der Waals surface area contributed by atoms with E-state index >= 15 is 0 Å². The van der Waals surface area contributed by atoms with Crippen LogP contribution in [-0.2, 0) is 4.79 Å². The van der Waals surface area contributed by atoms with Gasteiger partial charge in [-0.25, -0.2) is 0 Å². The quantitative estimate of drug-likeness (QED) is 0.750. The van der Waals surface area contributed by atoms with Crippen LogP contribution in [0.2, 0.25) is 0 Å². The van der Waals surface area contributed by atoms with Gasteiger partial charge in [-0.1, -0.05) is 19.1 Å².